The van der Waals surface area contributed by atoms with Gasteiger partial charge in [-0.25, -0.2) is 4.68 Å². The van der Waals surface area contributed by atoms with Crippen LogP contribution in [-0.4, -0.2) is 22.7 Å². The molecular formula is C9H10ClN3O2. The molecule has 0 atom stereocenters. The molecule has 5 nitrogen and oxygen atoms in total. The van der Waals surface area contributed by atoms with Crippen LogP contribution in [0.4, 0.5) is 5.69 Å². The SMILES string of the molecule is C=CC(=O)N(C)c1cnn(C)c(=O)c1Cl. The Morgan fingerprint density at radius 3 is 2.87 bits per heavy atom. The van der Waals surface area contributed by atoms with Crippen molar-refractivity contribution in [3.63, 3.8) is 0 Å². The van der Waals surface area contributed by atoms with E-state index in [0.29, 0.717) is 0 Å². The summed E-state index contributed by atoms with van der Waals surface area (Å²) in [4.78, 5) is 23.9. The summed E-state index contributed by atoms with van der Waals surface area (Å²) in [5.74, 6) is -0.355. The summed E-state index contributed by atoms with van der Waals surface area (Å²) in [5, 5.41) is 3.73. The minimum atomic E-state index is -0.446. The summed E-state index contributed by atoms with van der Waals surface area (Å²) in [6.45, 7) is 3.34. The fourth-order valence-electron chi connectivity index (χ4n) is 0.992. The topological polar surface area (TPSA) is 55.2 Å². The third-order valence-electron chi connectivity index (χ3n) is 1.93. The average Bonchev–Trinajstić information content (AvgIpc) is 2.24. The Morgan fingerprint density at radius 2 is 2.33 bits per heavy atom. The van der Waals surface area contributed by atoms with Crippen LogP contribution in [0.2, 0.25) is 5.02 Å². The second-order valence-electron chi connectivity index (χ2n) is 2.87. The summed E-state index contributed by atoms with van der Waals surface area (Å²) in [6, 6.07) is 0. The summed E-state index contributed by atoms with van der Waals surface area (Å²) in [5.41, 5.74) is -0.178. The standard InChI is InChI=1S/C9H10ClN3O2/c1-4-7(14)12(2)6-5-11-13(3)9(15)8(6)10/h4-5H,1H2,2-3H3. The molecule has 1 heterocycles. The van der Waals surface area contributed by atoms with Gasteiger partial charge < -0.3 is 4.90 Å². The molecule has 0 spiro atoms. The molecular weight excluding hydrogens is 218 g/mol. The third kappa shape index (κ3) is 2.07. The predicted molar refractivity (Wildman–Crippen MR) is 58.1 cm³/mol. The van der Waals surface area contributed by atoms with Gasteiger partial charge in [0.25, 0.3) is 5.56 Å². The lowest BCUT2D eigenvalue weighted by molar-refractivity contribution is -0.113. The van der Waals surface area contributed by atoms with Crippen LogP contribution in [0.1, 0.15) is 0 Å². The molecule has 0 saturated carbocycles. The van der Waals surface area contributed by atoms with Gasteiger partial charge in [-0.1, -0.05) is 18.2 Å². The molecule has 0 fully saturated rings. The van der Waals surface area contributed by atoms with Crippen LogP contribution in [0.3, 0.4) is 0 Å². The smallest absolute Gasteiger partial charge is 0.287 e. The molecule has 6 heteroatoms. The number of aryl methyl sites for hydroxylation is 1. The summed E-state index contributed by atoms with van der Waals surface area (Å²) >= 11 is 5.79. The van der Waals surface area contributed by atoms with Crippen LogP contribution >= 0.6 is 11.6 Å². The molecule has 0 radical (unpaired) electrons. The Hall–Kier alpha value is -1.62. The van der Waals surface area contributed by atoms with Gasteiger partial charge in [-0.2, -0.15) is 5.10 Å². The van der Waals surface area contributed by atoms with Gasteiger partial charge in [-0.3, -0.25) is 9.59 Å². The maximum atomic E-state index is 11.4. The zero-order chi connectivity index (χ0) is 11.6. The Bertz CT molecular complexity index is 467. The maximum absolute atomic E-state index is 11.4. The van der Waals surface area contributed by atoms with E-state index in [1.165, 1.54) is 25.2 Å². The molecule has 0 saturated heterocycles. The molecule has 1 amide bonds. The van der Waals surface area contributed by atoms with Gasteiger partial charge in [0.1, 0.15) is 5.02 Å². The van der Waals surface area contributed by atoms with Crippen molar-refractivity contribution in [1.82, 2.24) is 9.78 Å². The van der Waals surface area contributed by atoms with E-state index >= 15 is 0 Å². The molecule has 0 aromatic carbocycles. The minimum Gasteiger partial charge on any atom is -0.309 e. The zero-order valence-corrected chi connectivity index (χ0v) is 9.15. The highest BCUT2D eigenvalue weighted by Gasteiger charge is 2.14. The van der Waals surface area contributed by atoms with Gasteiger partial charge in [0.2, 0.25) is 5.91 Å². The largest absolute Gasteiger partial charge is 0.309 e. The number of halogens is 1. The summed E-state index contributed by atoms with van der Waals surface area (Å²) in [7, 11) is 2.97. The molecule has 0 N–H and O–H groups in total. The number of likely N-dealkylation sites (N-methyl/N-ethyl adjacent to an activating group) is 1. The zero-order valence-electron chi connectivity index (χ0n) is 8.40. The van der Waals surface area contributed by atoms with Crippen LogP contribution in [-0.2, 0) is 11.8 Å². The van der Waals surface area contributed by atoms with Crippen molar-refractivity contribution in [1.29, 1.82) is 0 Å². The molecule has 0 unspecified atom stereocenters. The summed E-state index contributed by atoms with van der Waals surface area (Å²) in [6.07, 6.45) is 2.49. The highest BCUT2D eigenvalue weighted by atomic mass is 35.5. The van der Waals surface area contributed by atoms with Gasteiger partial charge >= 0.3 is 0 Å². The molecule has 0 aliphatic heterocycles. The number of amides is 1. The molecule has 0 aliphatic carbocycles. The van der Waals surface area contributed by atoms with Crippen LogP contribution in [0, 0.1) is 0 Å². The van der Waals surface area contributed by atoms with Gasteiger partial charge in [-0.15, -0.1) is 0 Å². The first-order valence-corrected chi connectivity index (χ1v) is 4.48. The lowest BCUT2D eigenvalue weighted by Gasteiger charge is -2.15. The van der Waals surface area contributed by atoms with Crippen LogP contribution < -0.4 is 10.5 Å². The molecule has 15 heavy (non-hydrogen) atoms. The lowest BCUT2D eigenvalue weighted by atomic mass is 10.4. The Kier molecular flexibility index (Phi) is 3.26. The fourth-order valence-corrected chi connectivity index (χ4v) is 1.29. The quantitative estimate of drug-likeness (QED) is 0.695. The van der Waals surface area contributed by atoms with Crippen molar-refractivity contribution in [2.75, 3.05) is 11.9 Å². The van der Waals surface area contributed by atoms with Gasteiger partial charge in [-0.05, 0) is 6.08 Å². The number of nitrogens with zero attached hydrogens (tertiary/aromatic N) is 3. The number of anilines is 1. The van der Waals surface area contributed by atoms with E-state index in [2.05, 4.69) is 11.7 Å². The highest BCUT2D eigenvalue weighted by molar-refractivity contribution is 6.33. The number of hydrogen-bond acceptors (Lipinski definition) is 3. The van der Waals surface area contributed by atoms with E-state index < -0.39 is 5.56 Å². The minimum absolute atomic E-state index is 0.0369. The van der Waals surface area contributed by atoms with Crippen molar-refractivity contribution >= 4 is 23.2 Å². The molecule has 1 aromatic heterocycles. The number of carbonyl (C=O) groups excluding carboxylic acids is 1. The molecule has 1 rings (SSSR count). The van der Waals surface area contributed by atoms with E-state index in [9.17, 15) is 9.59 Å². The third-order valence-corrected chi connectivity index (χ3v) is 2.28. The van der Waals surface area contributed by atoms with Crippen molar-refractivity contribution in [3.8, 4) is 0 Å². The van der Waals surface area contributed by atoms with Crippen LogP contribution in [0.15, 0.2) is 23.6 Å². The first-order valence-electron chi connectivity index (χ1n) is 4.11. The highest BCUT2D eigenvalue weighted by Crippen LogP contribution is 2.19. The first-order chi connectivity index (χ1) is 6.99. The Labute approximate surface area is 91.6 Å². The van der Waals surface area contributed by atoms with Crippen molar-refractivity contribution in [2.45, 2.75) is 0 Å². The van der Waals surface area contributed by atoms with E-state index in [-0.39, 0.29) is 16.6 Å². The number of rotatable bonds is 2. The van der Waals surface area contributed by atoms with Crippen LogP contribution in [0.25, 0.3) is 0 Å². The monoisotopic (exact) mass is 227 g/mol. The Morgan fingerprint density at radius 1 is 1.73 bits per heavy atom. The number of aromatic nitrogens is 2. The average molecular weight is 228 g/mol. The molecule has 1 aromatic rings. The fraction of sp³-hybridized carbons (Fsp3) is 0.222. The first kappa shape index (κ1) is 11.5. The number of carbonyl (C=O) groups is 1. The second-order valence-corrected chi connectivity index (χ2v) is 3.25. The number of hydrogen-bond donors (Lipinski definition) is 0. The van der Waals surface area contributed by atoms with Gasteiger partial charge in [0.15, 0.2) is 0 Å². The molecule has 0 bridgehead atoms. The molecule has 80 valence electrons. The normalized spacial score (nSPS) is 9.80. The predicted octanol–water partition coefficient (Wildman–Crippen LogP) is 0.582. The van der Waals surface area contributed by atoms with E-state index in [1.807, 2.05) is 0 Å². The second kappa shape index (κ2) is 4.27. The van der Waals surface area contributed by atoms with Gasteiger partial charge in [0.05, 0.1) is 11.9 Å². The Balaban J connectivity index is 3.28. The van der Waals surface area contributed by atoms with Gasteiger partial charge in [0, 0.05) is 14.1 Å². The maximum Gasteiger partial charge on any atom is 0.287 e. The summed E-state index contributed by atoms with van der Waals surface area (Å²) < 4.78 is 1.10. The van der Waals surface area contributed by atoms with E-state index in [0.717, 1.165) is 10.8 Å². The van der Waals surface area contributed by atoms with E-state index in [4.69, 9.17) is 11.6 Å². The van der Waals surface area contributed by atoms with Crippen molar-refractivity contribution < 1.29 is 4.79 Å². The van der Waals surface area contributed by atoms with E-state index in [1.54, 1.807) is 0 Å². The van der Waals surface area contributed by atoms with Crippen molar-refractivity contribution in [3.05, 3.63) is 34.2 Å². The lowest BCUT2D eigenvalue weighted by Crippen LogP contribution is -2.28. The van der Waals surface area contributed by atoms with Crippen LogP contribution in [0.5, 0.6) is 0 Å². The van der Waals surface area contributed by atoms with Crippen molar-refractivity contribution in [2.24, 2.45) is 7.05 Å². The molecule has 0 aliphatic rings.